The Morgan fingerprint density at radius 3 is 2.40 bits per heavy atom. The summed E-state index contributed by atoms with van der Waals surface area (Å²) in [5.41, 5.74) is 1.25. The van der Waals surface area contributed by atoms with Gasteiger partial charge in [0.2, 0.25) is 5.82 Å². The van der Waals surface area contributed by atoms with Crippen molar-refractivity contribution in [3.8, 4) is 17.2 Å². The first-order valence-corrected chi connectivity index (χ1v) is 11.1. The van der Waals surface area contributed by atoms with Crippen LogP contribution in [0.15, 0.2) is 35.6 Å². The predicted octanol–water partition coefficient (Wildman–Crippen LogP) is 3.92. The van der Waals surface area contributed by atoms with E-state index in [0.29, 0.717) is 41.0 Å². The van der Waals surface area contributed by atoms with Gasteiger partial charge in [-0.2, -0.15) is 0 Å². The molecule has 10 nitrogen and oxygen atoms in total. The summed E-state index contributed by atoms with van der Waals surface area (Å²) in [6.45, 7) is 4.42. The molecule has 0 radical (unpaired) electrons. The zero-order valence-corrected chi connectivity index (χ0v) is 21.7. The van der Waals surface area contributed by atoms with E-state index in [1.807, 2.05) is 48.1 Å². The van der Waals surface area contributed by atoms with E-state index in [2.05, 4.69) is 15.0 Å². The van der Waals surface area contributed by atoms with Gasteiger partial charge in [-0.05, 0) is 18.1 Å². The highest BCUT2D eigenvalue weighted by Gasteiger charge is 2.20. The summed E-state index contributed by atoms with van der Waals surface area (Å²) in [6.07, 6.45) is 7.56. The lowest BCUT2D eigenvalue weighted by Gasteiger charge is -2.18. The first kappa shape index (κ1) is 27.3. The molecule has 0 aliphatic heterocycles. The van der Waals surface area contributed by atoms with Gasteiger partial charge < -0.3 is 24.2 Å². The lowest BCUT2D eigenvalue weighted by Crippen LogP contribution is -2.16. The molecule has 1 heterocycles. The molecule has 1 aromatic heterocycles. The van der Waals surface area contributed by atoms with E-state index < -0.39 is 0 Å². The van der Waals surface area contributed by atoms with Crippen LogP contribution in [0.4, 0.5) is 5.82 Å². The molecule has 0 saturated heterocycles. The highest BCUT2D eigenvalue weighted by molar-refractivity contribution is 6.07. The number of hydrogen-bond acceptors (Lipinski definition) is 8. The van der Waals surface area contributed by atoms with Crippen molar-refractivity contribution in [2.24, 2.45) is 4.99 Å². The van der Waals surface area contributed by atoms with Crippen LogP contribution in [0, 0.1) is 5.41 Å². The van der Waals surface area contributed by atoms with Gasteiger partial charge in [-0.1, -0.05) is 13.8 Å². The minimum atomic E-state index is -0.206. The second-order valence-electron chi connectivity index (χ2n) is 8.72. The molecule has 10 heteroatoms. The minimum Gasteiger partial charge on any atom is -0.496 e. The monoisotopic (exact) mass is 481 g/mol. The van der Waals surface area contributed by atoms with Crippen molar-refractivity contribution in [3.05, 3.63) is 47.6 Å². The van der Waals surface area contributed by atoms with E-state index in [4.69, 9.17) is 14.9 Å². The van der Waals surface area contributed by atoms with Crippen LogP contribution in [-0.2, 0) is 6.54 Å². The molecule has 0 atom stereocenters. The number of carbonyl (C=O) groups is 1. The maximum absolute atomic E-state index is 12.9. The normalized spacial score (nSPS) is 11.2. The Morgan fingerprint density at radius 2 is 1.83 bits per heavy atom. The number of nitrogens with zero attached hydrogens (tertiary/aromatic N) is 6. The van der Waals surface area contributed by atoms with Crippen LogP contribution in [0.1, 0.15) is 41.5 Å². The molecule has 0 saturated carbocycles. The lowest BCUT2D eigenvalue weighted by atomic mass is 9.97. The van der Waals surface area contributed by atoms with E-state index in [9.17, 15) is 4.79 Å². The van der Waals surface area contributed by atoms with Gasteiger partial charge in [-0.3, -0.25) is 10.2 Å². The molecular weight excluding hydrogens is 446 g/mol. The number of nitrogens with one attached hydrogen (secondary N) is 1. The van der Waals surface area contributed by atoms with Gasteiger partial charge >= 0.3 is 0 Å². The number of ketones is 1. The number of rotatable bonds is 12. The van der Waals surface area contributed by atoms with Crippen LogP contribution in [0.2, 0.25) is 0 Å². The number of benzene rings is 1. The zero-order valence-electron chi connectivity index (χ0n) is 21.7. The first-order valence-electron chi connectivity index (χ1n) is 11.1. The van der Waals surface area contributed by atoms with Gasteiger partial charge in [0, 0.05) is 53.1 Å². The number of ether oxygens (including phenoxy) is 2. The Kier molecular flexibility index (Phi) is 9.74. The minimum absolute atomic E-state index is 0.0931. The van der Waals surface area contributed by atoms with Crippen LogP contribution in [0.25, 0.3) is 0 Å². The van der Waals surface area contributed by atoms with Crippen molar-refractivity contribution >= 4 is 24.3 Å². The summed E-state index contributed by atoms with van der Waals surface area (Å²) in [5, 5.41) is 7.38. The van der Waals surface area contributed by atoms with Crippen molar-refractivity contribution < 1.29 is 14.3 Å². The summed E-state index contributed by atoms with van der Waals surface area (Å²) in [4.78, 5) is 31.5. The first-order chi connectivity index (χ1) is 16.5. The molecule has 2 aromatic rings. The van der Waals surface area contributed by atoms with Crippen LogP contribution in [-0.4, -0.2) is 85.5 Å². The number of methoxy groups -OCH3 is 1. The van der Waals surface area contributed by atoms with Crippen molar-refractivity contribution in [3.63, 3.8) is 0 Å². The summed E-state index contributed by atoms with van der Waals surface area (Å²) >= 11 is 0. The highest BCUT2D eigenvalue weighted by atomic mass is 16.5. The molecule has 0 spiro atoms. The Bertz CT molecular complexity index is 1090. The van der Waals surface area contributed by atoms with Crippen LogP contribution in [0.3, 0.4) is 0 Å². The van der Waals surface area contributed by atoms with E-state index in [1.54, 1.807) is 53.7 Å². The third-order valence-electron chi connectivity index (χ3n) is 4.77. The zero-order chi connectivity index (χ0) is 26.1. The quantitative estimate of drug-likeness (QED) is 0.210. The highest BCUT2D eigenvalue weighted by Crippen LogP contribution is 2.38. The third-order valence-corrected chi connectivity index (χ3v) is 4.77. The van der Waals surface area contributed by atoms with Crippen LogP contribution < -0.4 is 9.47 Å². The van der Waals surface area contributed by atoms with Gasteiger partial charge in [-0.15, -0.1) is 0 Å². The summed E-state index contributed by atoms with van der Waals surface area (Å²) < 4.78 is 11.8. The van der Waals surface area contributed by atoms with Gasteiger partial charge in [-0.25, -0.2) is 15.0 Å². The molecule has 1 N–H and O–H groups in total. The third kappa shape index (κ3) is 7.80. The SMILES string of the molecule is COc1cc(C(C)C)c(Oc2cnc(CN(C)C=N)nc2N=CN(C)C)cc1C(=O)/C=C/N(C)C. The fourth-order valence-corrected chi connectivity index (χ4v) is 2.98. The molecule has 0 unspecified atom stereocenters. The number of aliphatic imine (C=N–C) groups is 1. The van der Waals surface area contributed by atoms with Gasteiger partial charge in [0.05, 0.1) is 38.1 Å². The molecular formula is C25H35N7O3. The summed E-state index contributed by atoms with van der Waals surface area (Å²) in [5.74, 6) is 2.04. The molecule has 0 fully saturated rings. The van der Waals surface area contributed by atoms with Crippen LogP contribution in [0.5, 0.6) is 17.2 Å². The number of carbonyl (C=O) groups excluding carboxylic acids is 1. The van der Waals surface area contributed by atoms with Gasteiger partial charge in [0.25, 0.3) is 0 Å². The Morgan fingerprint density at radius 1 is 1.11 bits per heavy atom. The van der Waals surface area contributed by atoms with Gasteiger partial charge in [0.1, 0.15) is 17.3 Å². The number of allylic oxidation sites excluding steroid dienone is 1. The Hall–Kier alpha value is -3.95. The molecule has 0 aliphatic rings. The van der Waals surface area contributed by atoms with E-state index in [1.165, 1.54) is 12.4 Å². The van der Waals surface area contributed by atoms with Crippen LogP contribution >= 0.6 is 0 Å². The Balaban J connectivity index is 2.59. The topological polar surface area (TPSA) is 107 Å². The van der Waals surface area contributed by atoms with E-state index >= 15 is 0 Å². The largest absolute Gasteiger partial charge is 0.496 e. The predicted molar refractivity (Wildman–Crippen MR) is 138 cm³/mol. The second kappa shape index (κ2) is 12.5. The van der Waals surface area contributed by atoms with Crippen molar-refractivity contribution in [1.29, 1.82) is 5.41 Å². The number of hydrogen-bond donors (Lipinski definition) is 1. The maximum atomic E-state index is 12.9. The van der Waals surface area contributed by atoms with Gasteiger partial charge in [0.15, 0.2) is 11.5 Å². The fourth-order valence-electron chi connectivity index (χ4n) is 2.98. The molecule has 1 aromatic carbocycles. The molecule has 0 bridgehead atoms. The van der Waals surface area contributed by atoms with Crippen molar-refractivity contribution in [1.82, 2.24) is 24.7 Å². The molecule has 0 amide bonds. The fraction of sp³-hybridized carbons (Fsp3) is 0.400. The van der Waals surface area contributed by atoms with E-state index in [0.717, 1.165) is 5.56 Å². The smallest absolute Gasteiger partial charge is 0.200 e. The summed E-state index contributed by atoms with van der Waals surface area (Å²) in [6, 6.07) is 3.51. The average molecular weight is 482 g/mol. The van der Waals surface area contributed by atoms with Crippen molar-refractivity contribution in [2.75, 3.05) is 42.3 Å². The summed E-state index contributed by atoms with van der Waals surface area (Å²) in [7, 11) is 10.7. The standard InChI is InChI=1S/C25H35N7O3/c1-17(2)18-11-21(34-8)19(20(33)9-10-30(3)4)12-22(18)35-23-13-27-24(14-32(7)15-26)29-25(23)28-16-31(5)6/h9-13,15-17,26H,14H2,1-8H3/b10-9+,26-15?,28-16?. The average Bonchev–Trinajstić information content (AvgIpc) is 2.81. The van der Waals surface area contributed by atoms with Crippen molar-refractivity contribution in [2.45, 2.75) is 26.3 Å². The molecule has 35 heavy (non-hydrogen) atoms. The second-order valence-corrected chi connectivity index (χ2v) is 8.72. The number of aromatic nitrogens is 2. The van der Waals surface area contributed by atoms with E-state index in [-0.39, 0.29) is 11.7 Å². The molecule has 188 valence electrons. The molecule has 2 rings (SSSR count). The Labute approximate surface area is 207 Å². The molecule has 0 aliphatic carbocycles. The lowest BCUT2D eigenvalue weighted by molar-refractivity contribution is 0.104. The maximum Gasteiger partial charge on any atom is 0.200 e.